The third kappa shape index (κ3) is 5.30. The zero-order chi connectivity index (χ0) is 26.6. The molecule has 0 aliphatic carbocycles. The Bertz CT molecular complexity index is 1500. The van der Waals surface area contributed by atoms with Gasteiger partial charge in [-0.1, -0.05) is 50.2 Å². The largest absolute Gasteiger partial charge is 0.493 e. The summed E-state index contributed by atoms with van der Waals surface area (Å²) < 4.78 is 7.88. The summed E-state index contributed by atoms with van der Waals surface area (Å²) in [5.74, 6) is 1.32. The quantitative estimate of drug-likeness (QED) is 0.241. The predicted molar refractivity (Wildman–Crippen MR) is 154 cm³/mol. The Morgan fingerprint density at radius 2 is 1.61 bits per heavy atom. The van der Waals surface area contributed by atoms with E-state index in [0.29, 0.717) is 23.8 Å². The number of carbonyl (C=O) groups excluding carboxylic acids is 1. The monoisotopic (exact) mass is 504 g/mol. The summed E-state index contributed by atoms with van der Waals surface area (Å²) in [4.78, 5) is 13.4. The van der Waals surface area contributed by atoms with Crippen LogP contribution in [0, 0.1) is 12.8 Å². The highest BCUT2D eigenvalue weighted by molar-refractivity contribution is 6.32. The molecule has 0 N–H and O–H groups in total. The van der Waals surface area contributed by atoms with E-state index in [1.54, 1.807) is 0 Å². The molecule has 2 heterocycles. The number of hydrogen-bond donors (Lipinski definition) is 0. The number of aryl methyl sites for hydroxylation is 1. The molecule has 192 valence electrons. The number of anilines is 1. The number of ether oxygens (including phenoxy) is 1. The zero-order valence-corrected chi connectivity index (χ0v) is 22.3. The topological polar surface area (TPSA) is 59.7 Å². The van der Waals surface area contributed by atoms with E-state index in [4.69, 9.17) is 9.84 Å². The fraction of sp³-hybridized carbons (Fsp3) is 0.219. The molecule has 1 amide bonds. The van der Waals surface area contributed by atoms with Crippen LogP contribution in [0.1, 0.15) is 38.3 Å². The molecular weight excluding hydrogens is 472 g/mol. The lowest BCUT2D eigenvalue weighted by Crippen LogP contribution is -2.21. The highest BCUT2D eigenvalue weighted by Crippen LogP contribution is 2.32. The lowest BCUT2D eigenvalue weighted by molar-refractivity contribution is -0.114. The van der Waals surface area contributed by atoms with E-state index >= 15 is 0 Å². The Labute approximate surface area is 223 Å². The Hall–Kier alpha value is -4.45. The van der Waals surface area contributed by atoms with E-state index in [9.17, 15) is 4.79 Å². The fourth-order valence-corrected chi connectivity index (χ4v) is 4.38. The molecule has 0 radical (unpaired) electrons. The molecule has 1 aliphatic rings. The van der Waals surface area contributed by atoms with E-state index in [1.807, 2.05) is 96.7 Å². The molecular formula is C32H32N4O2. The van der Waals surface area contributed by atoms with Gasteiger partial charge in [-0.3, -0.25) is 4.79 Å². The van der Waals surface area contributed by atoms with Crippen LogP contribution in [0.5, 0.6) is 5.75 Å². The smallest absolute Gasteiger partial charge is 0.280 e. The van der Waals surface area contributed by atoms with Gasteiger partial charge in [0.1, 0.15) is 5.75 Å². The molecule has 0 saturated heterocycles. The van der Waals surface area contributed by atoms with Crippen LogP contribution in [-0.4, -0.2) is 28.0 Å². The first-order valence-corrected chi connectivity index (χ1v) is 13.0. The van der Waals surface area contributed by atoms with E-state index in [0.717, 1.165) is 45.9 Å². The average molecular weight is 505 g/mol. The third-order valence-electron chi connectivity index (χ3n) is 6.53. The molecule has 6 nitrogen and oxygen atoms in total. The number of hydrazone groups is 1. The lowest BCUT2D eigenvalue weighted by atomic mass is 10.0. The minimum atomic E-state index is -0.155. The van der Waals surface area contributed by atoms with Gasteiger partial charge in [0.2, 0.25) is 0 Å². The summed E-state index contributed by atoms with van der Waals surface area (Å²) in [5, 5.41) is 10.9. The molecule has 0 unspecified atom stereocenters. The molecule has 0 saturated carbocycles. The van der Waals surface area contributed by atoms with Crippen molar-refractivity contribution < 1.29 is 9.53 Å². The van der Waals surface area contributed by atoms with Crippen molar-refractivity contribution in [3.63, 3.8) is 0 Å². The molecule has 1 aromatic heterocycles. The van der Waals surface area contributed by atoms with Gasteiger partial charge in [0.25, 0.3) is 5.91 Å². The van der Waals surface area contributed by atoms with Crippen LogP contribution in [-0.2, 0) is 4.79 Å². The minimum absolute atomic E-state index is 0.155. The molecule has 5 rings (SSSR count). The molecule has 4 aromatic rings. The fourth-order valence-electron chi connectivity index (χ4n) is 4.38. The van der Waals surface area contributed by atoms with Crippen LogP contribution in [0.25, 0.3) is 23.0 Å². The van der Waals surface area contributed by atoms with Gasteiger partial charge in [0.05, 0.1) is 35.0 Å². The van der Waals surface area contributed by atoms with E-state index < -0.39 is 0 Å². The second-order valence-corrected chi connectivity index (χ2v) is 9.92. The molecule has 38 heavy (non-hydrogen) atoms. The molecule has 0 atom stereocenters. The normalized spacial score (nSPS) is 14.4. The van der Waals surface area contributed by atoms with E-state index in [2.05, 4.69) is 31.9 Å². The summed E-state index contributed by atoms with van der Waals surface area (Å²) in [6.07, 6.45) is 4.87. The van der Waals surface area contributed by atoms with Gasteiger partial charge in [0.15, 0.2) is 0 Å². The van der Waals surface area contributed by atoms with Crippen LogP contribution >= 0.6 is 0 Å². The van der Waals surface area contributed by atoms with Crippen molar-refractivity contribution in [3.8, 4) is 22.7 Å². The maximum Gasteiger partial charge on any atom is 0.280 e. The highest BCUT2D eigenvalue weighted by atomic mass is 16.5. The number of nitrogens with zero attached hydrogens (tertiary/aromatic N) is 4. The third-order valence-corrected chi connectivity index (χ3v) is 6.53. The number of carbonyl (C=O) groups is 1. The number of aromatic nitrogens is 2. The van der Waals surface area contributed by atoms with Crippen molar-refractivity contribution in [2.75, 3.05) is 11.6 Å². The van der Waals surface area contributed by atoms with Crippen LogP contribution in [0.3, 0.4) is 0 Å². The van der Waals surface area contributed by atoms with Gasteiger partial charge in [-0.25, -0.2) is 4.68 Å². The number of rotatable bonds is 8. The molecule has 6 heteroatoms. The van der Waals surface area contributed by atoms with Gasteiger partial charge in [-0.05, 0) is 80.3 Å². The Kier molecular flexibility index (Phi) is 7.22. The number of hydrogen-bond acceptors (Lipinski definition) is 4. The van der Waals surface area contributed by atoms with Gasteiger partial charge in [-0.15, -0.1) is 0 Å². The SMILES string of the molecule is CC1=NN(c2ccccc2)C(=O)/C1=C\c1cn(-c2ccccc2)nc1-c1ccc(OCCC(C)C)c(C)c1. The van der Waals surface area contributed by atoms with Gasteiger partial charge in [-0.2, -0.15) is 15.2 Å². The van der Waals surface area contributed by atoms with Crippen LogP contribution < -0.4 is 9.75 Å². The lowest BCUT2D eigenvalue weighted by Gasteiger charge is -2.12. The molecule has 3 aromatic carbocycles. The van der Waals surface area contributed by atoms with E-state index in [1.165, 1.54) is 5.01 Å². The van der Waals surface area contributed by atoms with Gasteiger partial charge < -0.3 is 4.74 Å². The molecule has 0 fully saturated rings. The standard InChI is InChI=1S/C32H32N4O2/c1-22(2)17-18-38-30-16-15-25(19-23(30)3)31-26(21-35(34-31)27-11-7-5-8-12-27)20-29-24(4)33-36(32(29)37)28-13-9-6-10-14-28/h5-16,19-22H,17-18H2,1-4H3/b29-20-. The van der Waals surface area contributed by atoms with Crippen molar-refractivity contribution >= 4 is 23.4 Å². The number of amides is 1. The molecule has 1 aliphatic heterocycles. The maximum absolute atomic E-state index is 13.4. The summed E-state index contributed by atoms with van der Waals surface area (Å²) in [5.41, 5.74) is 6.54. The first kappa shape index (κ1) is 25.2. The first-order valence-electron chi connectivity index (χ1n) is 13.0. The minimum Gasteiger partial charge on any atom is -0.493 e. The number of para-hydroxylation sites is 2. The number of benzene rings is 3. The maximum atomic E-state index is 13.4. The summed E-state index contributed by atoms with van der Waals surface area (Å²) in [6, 6.07) is 25.6. The van der Waals surface area contributed by atoms with Crippen molar-refractivity contribution in [3.05, 3.63) is 102 Å². The van der Waals surface area contributed by atoms with Crippen LogP contribution in [0.2, 0.25) is 0 Å². The van der Waals surface area contributed by atoms with Crippen molar-refractivity contribution in [1.82, 2.24) is 9.78 Å². The predicted octanol–water partition coefficient (Wildman–Crippen LogP) is 7.08. The van der Waals surface area contributed by atoms with Crippen molar-refractivity contribution in [2.45, 2.75) is 34.1 Å². The average Bonchev–Trinajstić information content (AvgIpc) is 3.47. The molecule has 0 spiro atoms. The second-order valence-electron chi connectivity index (χ2n) is 9.92. The van der Waals surface area contributed by atoms with E-state index in [-0.39, 0.29) is 5.91 Å². The van der Waals surface area contributed by atoms with Gasteiger partial charge >= 0.3 is 0 Å². The second kappa shape index (κ2) is 10.9. The first-order chi connectivity index (χ1) is 18.4. The van der Waals surface area contributed by atoms with Crippen molar-refractivity contribution in [2.24, 2.45) is 11.0 Å². The Morgan fingerprint density at radius 1 is 0.921 bits per heavy atom. The van der Waals surface area contributed by atoms with Crippen molar-refractivity contribution in [1.29, 1.82) is 0 Å². The van der Waals surface area contributed by atoms with Crippen LogP contribution in [0.4, 0.5) is 5.69 Å². The highest BCUT2D eigenvalue weighted by Gasteiger charge is 2.29. The summed E-state index contributed by atoms with van der Waals surface area (Å²) >= 11 is 0. The Balaban J connectivity index is 1.53. The summed E-state index contributed by atoms with van der Waals surface area (Å²) in [7, 11) is 0. The molecule has 0 bridgehead atoms. The summed E-state index contributed by atoms with van der Waals surface area (Å²) in [6.45, 7) is 8.99. The zero-order valence-electron chi connectivity index (χ0n) is 22.3. The van der Waals surface area contributed by atoms with Gasteiger partial charge in [0, 0.05) is 17.3 Å². The van der Waals surface area contributed by atoms with Crippen LogP contribution in [0.15, 0.2) is 95.7 Å². The Morgan fingerprint density at radius 3 is 2.26 bits per heavy atom.